The van der Waals surface area contributed by atoms with Crippen molar-refractivity contribution in [3.8, 4) is 5.75 Å². The van der Waals surface area contributed by atoms with Crippen LogP contribution >= 0.6 is 0 Å². The first-order valence-corrected chi connectivity index (χ1v) is 10.6. The molecule has 1 atom stereocenters. The standard InChI is InChI=1S/C26H29NO5/c1-6-13-31-25(28)20-11-12-23-22(15-20)17(3)18(4)27(23)16-19-9-8-10-21(14-19)32-24(7-2)26(29)30-5/h6,8-12,14-15,24H,1,7,13,16H2,2-5H3/t24-/m0/s1. The number of nitrogens with zero attached hydrogens (tertiary/aromatic N) is 1. The van der Waals surface area contributed by atoms with Crippen molar-refractivity contribution in [1.29, 1.82) is 0 Å². The van der Waals surface area contributed by atoms with Crippen molar-refractivity contribution in [2.24, 2.45) is 0 Å². The molecule has 32 heavy (non-hydrogen) atoms. The summed E-state index contributed by atoms with van der Waals surface area (Å²) < 4.78 is 18.0. The second-order valence-electron chi connectivity index (χ2n) is 7.60. The van der Waals surface area contributed by atoms with Crippen LogP contribution in [0.2, 0.25) is 0 Å². The molecule has 0 spiro atoms. The van der Waals surface area contributed by atoms with Gasteiger partial charge >= 0.3 is 11.9 Å². The van der Waals surface area contributed by atoms with E-state index >= 15 is 0 Å². The van der Waals surface area contributed by atoms with E-state index in [-0.39, 0.29) is 18.5 Å². The van der Waals surface area contributed by atoms with E-state index in [1.54, 1.807) is 12.1 Å². The molecule has 0 amide bonds. The molecule has 0 N–H and O–H groups in total. The maximum Gasteiger partial charge on any atom is 0.347 e. The van der Waals surface area contributed by atoms with E-state index in [9.17, 15) is 9.59 Å². The van der Waals surface area contributed by atoms with Gasteiger partial charge in [0.1, 0.15) is 12.4 Å². The third kappa shape index (κ3) is 4.85. The zero-order valence-corrected chi connectivity index (χ0v) is 19.0. The van der Waals surface area contributed by atoms with Crippen molar-refractivity contribution in [2.75, 3.05) is 13.7 Å². The number of fused-ring (bicyclic) bond motifs is 1. The summed E-state index contributed by atoms with van der Waals surface area (Å²) in [4.78, 5) is 24.1. The molecule has 0 aliphatic carbocycles. The Hall–Kier alpha value is -3.54. The van der Waals surface area contributed by atoms with E-state index in [4.69, 9.17) is 14.2 Å². The molecule has 2 aromatic carbocycles. The van der Waals surface area contributed by atoms with E-state index < -0.39 is 6.10 Å². The third-order valence-corrected chi connectivity index (χ3v) is 5.56. The maximum absolute atomic E-state index is 12.2. The molecule has 0 fully saturated rings. The number of ether oxygens (including phenoxy) is 3. The second-order valence-corrected chi connectivity index (χ2v) is 7.60. The van der Waals surface area contributed by atoms with Gasteiger partial charge in [-0.25, -0.2) is 9.59 Å². The number of benzene rings is 2. The summed E-state index contributed by atoms with van der Waals surface area (Å²) >= 11 is 0. The molecule has 0 unspecified atom stereocenters. The van der Waals surface area contributed by atoms with Crippen molar-refractivity contribution in [1.82, 2.24) is 4.57 Å². The molecule has 0 aliphatic rings. The molecule has 0 aliphatic heterocycles. The van der Waals surface area contributed by atoms with Crippen LogP contribution in [0.4, 0.5) is 0 Å². The lowest BCUT2D eigenvalue weighted by Crippen LogP contribution is -2.27. The number of hydrogen-bond donors (Lipinski definition) is 0. The largest absolute Gasteiger partial charge is 0.479 e. The lowest BCUT2D eigenvalue weighted by molar-refractivity contribution is -0.148. The van der Waals surface area contributed by atoms with Crippen LogP contribution in [0.25, 0.3) is 10.9 Å². The molecule has 1 aromatic heterocycles. The molecule has 0 saturated carbocycles. The summed E-state index contributed by atoms with van der Waals surface area (Å²) in [5.41, 5.74) is 4.82. The van der Waals surface area contributed by atoms with Gasteiger partial charge in [-0.3, -0.25) is 0 Å². The summed E-state index contributed by atoms with van der Waals surface area (Å²) in [7, 11) is 1.36. The molecule has 6 heteroatoms. The molecule has 0 radical (unpaired) electrons. The normalized spacial score (nSPS) is 11.8. The van der Waals surface area contributed by atoms with Gasteiger partial charge < -0.3 is 18.8 Å². The minimum atomic E-state index is -0.633. The summed E-state index contributed by atoms with van der Waals surface area (Å²) in [5, 5.41) is 1.01. The van der Waals surface area contributed by atoms with Crippen LogP contribution in [0.1, 0.15) is 40.5 Å². The number of aromatic nitrogens is 1. The SMILES string of the molecule is C=CCOC(=O)c1ccc2c(c1)c(C)c(C)n2Cc1cccc(O[C@@H](CC)C(=O)OC)c1. The van der Waals surface area contributed by atoms with E-state index in [0.29, 0.717) is 24.3 Å². The number of methoxy groups -OCH3 is 1. The monoisotopic (exact) mass is 435 g/mol. The number of rotatable bonds is 9. The Balaban J connectivity index is 1.89. The lowest BCUT2D eigenvalue weighted by Gasteiger charge is -2.16. The first-order chi connectivity index (χ1) is 15.4. The van der Waals surface area contributed by atoms with Gasteiger partial charge in [0.2, 0.25) is 0 Å². The summed E-state index contributed by atoms with van der Waals surface area (Å²) in [5.74, 6) is -0.126. The average Bonchev–Trinajstić information content (AvgIpc) is 3.05. The topological polar surface area (TPSA) is 66.8 Å². The highest BCUT2D eigenvalue weighted by Gasteiger charge is 2.19. The van der Waals surface area contributed by atoms with Crippen LogP contribution in [-0.2, 0) is 20.8 Å². The fourth-order valence-electron chi connectivity index (χ4n) is 3.69. The molecule has 0 bridgehead atoms. The van der Waals surface area contributed by atoms with Crippen molar-refractivity contribution < 1.29 is 23.8 Å². The van der Waals surface area contributed by atoms with Crippen LogP contribution in [0.3, 0.4) is 0 Å². The number of aryl methyl sites for hydroxylation is 1. The van der Waals surface area contributed by atoms with E-state index in [2.05, 4.69) is 25.0 Å². The Morgan fingerprint density at radius 3 is 2.62 bits per heavy atom. The van der Waals surface area contributed by atoms with Crippen LogP contribution in [0, 0.1) is 13.8 Å². The highest BCUT2D eigenvalue weighted by molar-refractivity contribution is 5.96. The maximum atomic E-state index is 12.2. The van der Waals surface area contributed by atoms with E-state index in [1.165, 1.54) is 7.11 Å². The summed E-state index contributed by atoms with van der Waals surface area (Å²) in [6.45, 7) is 10.4. The molecule has 0 saturated heterocycles. The first-order valence-electron chi connectivity index (χ1n) is 10.6. The Morgan fingerprint density at radius 1 is 1.16 bits per heavy atom. The molecular formula is C26H29NO5. The number of esters is 2. The van der Waals surface area contributed by atoms with Crippen LogP contribution in [0.5, 0.6) is 5.75 Å². The number of hydrogen-bond acceptors (Lipinski definition) is 5. The van der Waals surface area contributed by atoms with Gasteiger partial charge in [-0.2, -0.15) is 0 Å². The quantitative estimate of drug-likeness (QED) is 0.350. The smallest absolute Gasteiger partial charge is 0.347 e. The number of carbonyl (C=O) groups excluding carboxylic acids is 2. The van der Waals surface area contributed by atoms with E-state index in [0.717, 1.165) is 27.7 Å². The molecule has 6 nitrogen and oxygen atoms in total. The van der Waals surface area contributed by atoms with Crippen LogP contribution in [-0.4, -0.2) is 36.3 Å². The zero-order chi connectivity index (χ0) is 23.3. The highest BCUT2D eigenvalue weighted by Crippen LogP contribution is 2.28. The Labute approximate surface area is 188 Å². The predicted octanol–water partition coefficient (Wildman–Crippen LogP) is 4.98. The summed E-state index contributed by atoms with van der Waals surface area (Å²) in [6.07, 6.45) is 1.44. The highest BCUT2D eigenvalue weighted by atomic mass is 16.6. The van der Waals surface area contributed by atoms with Gasteiger partial charge in [-0.05, 0) is 61.7 Å². The molecule has 3 rings (SSSR count). The molecule has 1 heterocycles. The first kappa shape index (κ1) is 23.1. The minimum Gasteiger partial charge on any atom is -0.479 e. The fourth-order valence-corrected chi connectivity index (χ4v) is 3.69. The van der Waals surface area contributed by atoms with E-state index in [1.807, 2.05) is 43.3 Å². The molecule has 168 valence electrons. The second kappa shape index (κ2) is 10.2. The Bertz CT molecular complexity index is 1140. The van der Waals surface area contributed by atoms with Crippen molar-refractivity contribution in [2.45, 2.75) is 39.8 Å². The third-order valence-electron chi connectivity index (χ3n) is 5.56. The average molecular weight is 436 g/mol. The molecular weight excluding hydrogens is 406 g/mol. The van der Waals surface area contributed by atoms with Gasteiger partial charge in [0.05, 0.1) is 12.7 Å². The van der Waals surface area contributed by atoms with Gasteiger partial charge in [-0.1, -0.05) is 31.7 Å². The van der Waals surface area contributed by atoms with Crippen molar-refractivity contribution in [3.05, 3.63) is 77.5 Å². The van der Waals surface area contributed by atoms with Crippen molar-refractivity contribution in [3.63, 3.8) is 0 Å². The Kier molecular flexibility index (Phi) is 7.36. The van der Waals surface area contributed by atoms with Crippen LogP contribution in [0.15, 0.2) is 55.1 Å². The van der Waals surface area contributed by atoms with Gasteiger partial charge in [0.25, 0.3) is 0 Å². The van der Waals surface area contributed by atoms with Crippen LogP contribution < -0.4 is 4.74 Å². The van der Waals surface area contributed by atoms with Gasteiger partial charge in [0, 0.05) is 23.1 Å². The van der Waals surface area contributed by atoms with Gasteiger partial charge in [-0.15, -0.1) is 0 Å². The summed E-state index contributed by atoms with van der Waals surface area (Å²) in [6, 6.07) is 13.3. The van der Waals surface area contributed by atoms with Gasteiger partial charge in [0.15, 0.2) is 6.10 Å². The molecule has 3 aromatic rings. The predicted molar refractivity (Wildman–Crippen MR) is 124 cm³/mol. The Morgan fingerprint density at radius 2 is 1.94 bits per heavy atom. The zero-order valence-electron chi connectivity index (χ0n) is 19.0. The van der Waals surface area contributed by atoms with Crippen molar-refractivity contribution >= 4 is 22.8 Å². The number of carbonyl (C=O) groups is 2. The minimum absolute atomic E-state index is 0.184. The lowest BCUT2D eigenvalue weighted by atomic mass is 10.1. The fraction of sp³-hybridized carbons (Fsp3) is 0.308.